The standard InChI is InChI=1S/C64H117NO8/c1-6-8-10-12-14-16-18-20-22-24-25-26-27-28-29-30-31-32-33-34-35-36-37-39-40-42-44-46-48-50-52-54-61(66)71-58-60(59-72-64(63(68)69)70-57-56-65(3,4)5)73-62(67)55-53-51-49-47-45-43-41-38-23-21-19-17-15-13-11-9-7-2/h9,11,15,17,21,23,41,43,60,64H,6-8,10,12-14,16,18-20,22,24-40,42,44-59H2,1-5H3/p+1/b11-9-,17-15-,23-21-,43-41-. The van der Waals surface area contributed by atoms with Gasteiger partial charge in [-0.25, -0.2) is 4.79 Å². The maximum absolute atomic E-state index is 12.8. The monoisotopic (exact) mass is 1030 g/mol. The molecule has 0 spiro atoms. The van der Waals surface area contributed by atoms with Gasteiger partial charge >= 0.3 is 17.9 Å². The number of esters is 2. The normalized spacial score (nSPS) is 13.1. The highest BCUT2D eigenvalue weighted by atomic mass is 16.7. The molecular weight excluding hydrogens is 911 g/mol. The van der Waals surface area contributed by atoms with Gasteiger partial charge in [-0.05, 0) is 51.4 Å². The Morgan fingerprint density at radius 2 is 0.781 bits per heavy atom. The van der Waals surface area contributed by atoms with Gasteiger partial charge in [0.05, 0.1) is 34.4 Å². The Labute approximate surface area is 451 Å². The lowest BCUT2D eigenvalue weighted by Gasteiger charge is -2.25. The van der Waals surface area contributed by atoms with Crippen molar-refractivity contribution in [1.29, 1.82) is 0 Å². The van der Waals surface area contributed by atoms with Crippen molar-refractivity contribution in [3.63, 3.8) is 0 Å². The van der Waals surface area contributed by atoms with E-state index in [2.05, 4.69) is 62.5 Å². The van der Waals surface area contributed by atoms with Gasteiger partial charge in [-0.15, -0.1) is 0 Å². The molecule has 1 N–H and O–H groups in total. The van der Waals surface area contributed by atoms with Gasteiger partial charge in [-0.3, -0.25) is 9.59 Å². The summed E-state index contributed by atoms with van der Waals surface area (Å²) in [7, 11) is 5.96. The van der Waals surface area contributed by atoms with Crippen LogP contribution in [-0.4, -0.2) is 87.4 Å². The molecule has 0 aliphatic rings. The lowest BCUT2D eigenvalue weighted by atomic mass is 10.0. The summed E-state index contributed by atoms with van der Waals surface area (Å²) in [4.78, 5) is 37.4. The zero-order valence-corrected chi connectivity index (χ0v) is 48.6. The Morgan fingerprint density at radius 1 is 0.425 bits per heavy atom. The van der Waals surface area contributed by atoms with E-state index < -0.39 is 24.3 Å². The van der Waals surface area contributed by atoms with Crippen LogP contribution in [0.1, 0.15) is 284 Å². The van der Waals surface area contributed by atoms with E-state index in [1.807, 2.05) is 21.1 Å². The quantitative estimate of drug-likeness (QED) is 0.0211. The summed E-state index contributed by atoms with van der Waals surface area (Å²) in [5, 5.41) is 9.70. The van der Waals surface area contributed by atoms with E-state index >= 15 is 0 Å². The molecule has 0 aliphatic carbocycles. The van der Waals surface area contributed by atoms with Crippen LogP contribution < -0.4 is 0 Å². The maximum Gasteiger partial charge on any atom is 0.361 e. The average Bonchev–Trinajstić information content (AvgIpc) is 3.36. The fourth-order valence-corrected chi connectivity index (χ4v) is 8.89. The Kier molecular flexibility index (Phi) is 53.4. The third-order valence-electron chi connectivity index (χ3n) is 13.6. The third-order valence-corrected chi connectivity index (χ3v) is 13.6. The Balaban J connectivity index is 4.09. The molecule has 0 aliphatic heterocycles. The van der Waals surface area contributed by atoms with Crippen LogP contribution in [0.4, 0.5) is 0 Å². The predicted octanol–water partition coefficient (Wildman–Crippen LogP) is 18.2. The molecule has 0 bridgehead atoms. The second-order valence-electron chi connectivity index (χ2n) is 22.0. The number of carboxylic acids is 1. The molecule has 0 aromatic heterocycles. The molecule has 2 unspecified atom stereocenters. The summed E-state index contributed by atoms with van der Waals surface area (Å²) in [6.07, 6.45) is 66.5. The van der Waals surface area contributed by atoms with Gasteiger partial charge in [0, 0.05) is 12.8 Å². The highest BCUT2D eigenvalue weighted by molar-refractivity contribution is 5.71. The van der Waals surface area contributed by atoms with Crippen molar-refractivity contribution in [3.05, 3.63) is 48.6 Å². The Hall–Kier alpha value is -2.75. The van der Waals surface area contributed by atoms with Crippen molar-refractivity contribution in [2.24, 2.45) is 0 Å². The fraction of sp³-hybridized carbons (Fsp3) is 0.828. The van der Waals surface area contributed by atoms with Gasteiger partial charge in [-0.2, -0.15) is 0 Å². The van der Waals surface area contributed by atoms with Crippen LogP contribution >= 0.6 is 0 Å². The zero-order valence-electron chi connectivity index (χ0n) is 48.6. The minimum absolute atomic E-state index is 0.182. The number of aliphatic carboxylic acids is 1. The van der Waals surface area contributed by atoms with E-state index in [1.165, 1.54) is 180 Å². The van der Waals surface area contributed by atoms with Crippen LogP contribution in [0.25, 0.3) is 0 Å². The molecule has 0 fully saturated rings. The molecule has 0 saturated carbocycles. The summed E-state index contributed by atoms with van der Waals surface area (Å²) in [5.74, 6) is -2.03. The number of carbonyl (C=O) groups excluding carboxylic acids is 2. The van der Waals surface area contributed by atoms with Gasteiger partial charge in [-0.1, -0.05) is 268 Å². The lowest BCUT2D eigenvalue weighted by Crippen LogP contribution is -2.40. The number of hydrogen-bond donors (Lipinski definition) is 1. The number of rotatable bonds is 57. The van der Waals surface area contributed by atoms with Crippen molar-refractivity contribution in [2.75, 3.05) is 47.5 Å². The minimum atomic E-state index is -1.52. The van der Waals surface area contributed by atoms with E-state index in [9.17, 15) is 19.5 Å². The molecule has 9 nitrogen and oxygen atoms in total. The molecule has 73 heavy (non-hydrogen) atoms. The number of hydrogen-bond acceptors (Lipinski definition) is 7. The molecule has 0 amide bonds. The van der Waals surface area contributed by atoms with Crippen molar-refractivity contribution in [2.45, 2.75) is 296 Å². The SMILES string of the molecule is CC/C=C\C/C=C\C/C=C\C/C=C\CCCCCCC(=O)OC(COC(=O)CCCCCCCCCCCCCCCCCCCCCCCCCCCCCCCCC)COC(OCC[N+](C)(C)C)C(=O)O. The Morgan fingerprint density at radius 3 is 1.16 bits per heavy atom. The second-order valence-corrected chi connectivity index (χ2v) is 22.0. The van der Waals surface area contributed by atoms with Crippen molar-refractivity contribution < 1.29 is 42.9 Å². The lowest BCUT2D eigenvalue weighted by molar-refractivity contribution is -0.870. The number of allylic oxidation sites excluding steroid dienone is 8. The molecule has 0 radical (unpaired) electrons. The summed E-state index contributed by atoms with van der Waals surface area (Å²) in [5.41, 5.74) is 0. The van der Waals surface area contributed by atoms with Crippen LogP contribution in [0.2, 0.25) is 0 Å². The molecule has 2 atom stereocenters. The first-order valence-corrected chi connectivity index (χ1v) is 30.8. The van der Waals surface area contributed by atoms with Crippen molar-refractivity contribution in [3.8, 4) is 0 Å². The molecule has 9 heteroatoms. The number of likely N-dealkylation sites (N-methyl/N-ethyl adjacent to an activating group) is 1. The maximum atomic E-state index is 12.8. The second kappa shape index (κ2) is 55.5. The molecule has 0 aromatic carbocycles. The zero-order chi connectivity index (χ0) is 53.4. The first kappa shape index (κ1) is 70.2. The van der Waals surface area contributed by atoms with Crippen LogP contribution in [0.15, 0.2) is 48.6 Å². The van der Waals surface area contributed by atoms with Gasteiger partial charge in [0.25, 0.3) is 6.29 Å². The summed E-state index contributed by atoms with van der Waals surface area (Å²) < 4.78 is 22.9. The summed E-state index contributed by atoms with van der Waals surface area (Å²) in [6, 6.07) is 0. The van der Waals surface area contributed by atoms with E-state index in [1.54, 1.807) is 0 Å². The van der Waals surface area contributed by atoms with Crippen LogP contribution in [0.5, 0.6) is 0 Å². The number of carbonyl (C=O) groups is 3. The van der Waals surface area contributed by atoms with E-state index in [0.717, 1.165) is 70.6 Å². The van der Waals surface area contributed by atoms with Gasteiger partial charge in [0.1, 0.15) is 13.2 Å². The molecule has 0 aromatic rings. The number of quaternary nitrogens is 1. The van der Waals surface area contributed by atoms with E-state index in [0.29, 0.717) is 23.9 Å². The molecule has 0 rings (SSSR count). The highest BCUT2D eigenvalue weighted by Gasteiger charge is 2.25. The number of nitrogens with zero attached hydrogens (tertiary/aromatic N) is 1. The first-order chi connectivity index (χ1) is 35.6. The van der Waals surface area contributed by atoms with Gasteiger partial charge < -0.3 is 28.5 Å². The van der Waals surface area contributed by atoms with E-state index in [-0.39, 0.29) is 32.2 Å². The third kappa shape index (κ3) is 56.8. The number of carboxylic acid groups (broad SMARTS) is 1. The number of unbranched alkanes of at least 4 members (excludes halogenated alkanes) is 34. The topological polar surface area (TPSA) is 108 Å². The summed E-state index contributed by atoms with van der Waals surface area (Å²) in [6.45, 7) is 4.77. The van der Waals surface area contributed by atoms with Crippen LogP contribution in [0, 0.1) is 0 Å². The molecule has 0 saturated heterocycles. The minimum Gasteiger partial charge on any atom is -0.477 e. The average molecular weight is 1030 g/mol. The molecule has 426 valence electrons. The number of ether oxygens (including phenoxy) is 4. The predicted molar refractivity (Wildman–Crippen MR) is 309 cm³/mol. The molecular formula is C64H118NO8+. The van der Waals surface area contributed by atoms with Gasteiger partial charge in [0.15, 0.2) is 6.10 Å². The fourth-order valence-electron chi connectivity index (χ4n) is 8.89. The van der Waals surface area contributed by atoms with Crippen LogP contribution in [0.3, 0.4) is 0 Å². The smallest absolute Gasteiger partial charge is 0.361 e. The highest BCUT2D eigenvalue weighted by Crippen LogP contribution is 2.18. The van der Waals surface area contributed by atoms with Gasteiger partial charge in [0.2, 0.25) is 0 Å². The van der Waals surface area contributed by atoms with Crippen molar-refractivity contribution >= 4 is 17.9 Å². The van der Waals surface area contributed by atoms with Crippen molar-refractivity contribution in [1.82, 2.24) is 0 Å². The van der Waals surface area contributed by atoms with E-state index in [4.69, 9.17) is 18.9 Å². The first-order valence-electron chi connectivity index (χ1n) is 30.8. The largest absolute Gasteiger partial charge is 0.477 e. The van der Waals surface area contributed by atoms with Crippen LogP contribution in [-0.2, 0) is 33.3 Å². The molecule has 0 heterocycles. The summed E-state index contributed by atoms with van der Waals surface area (Å²) >= 11 is 0. The Bertz CT molecular complexity index is 1340.